The van der Waals surface area contributed by atoms with Gasteiger partial charge < -0.3 is 20.3 Å². The van der Waals surface area contributed by atoms with Gasteiger partial charge in [0.15, 0.2) is 0 Å². The summed E-state index contributed by atoms with van der Waals surface area (Å²) in [5, 5.41) is 5.04. The highest BCUT2D eigenvalue weighted by atomic mass is 19.4. The maximum absolute atomic E-state index is 13.0. The number of hydrogen-bond acceptors (Lipinski definition) is 6. The van der Waals surface area contributed by atoms with E-state index in [9.17, 15) is 27.6 Å². The molecule has 0 radical (unpaired) electrons. The number of H-pyrrole nitrogens is 1. The maximum atomic E-state index is 13.0. The fraction of sp³-hybridized carbons (Fsp3) is 0.455. The number of carbonyl (C=O) groups excluding carboxylic acids is 2. The Balaban J connectivity index is 1.60. The molecule has 0 unspecified atom stereocenters. The molecule has 3 N–H and O–H groups in total. The van der Waals surface area contributed by atoms with Gasteiger partial charge in [0.1, 0.15) is 11.6 Å². The second-order valence-corrected chi connectivity index (χ2v) is 8.27. The quantitative estimate of drug-likeness (QED) is 0.605. The van der Waals surface area contributed by atoms with Crippen LogP contribution in [-0.4, -0.2) is 40.7 Å². The van der Waals surface area contributed by atoms with Crippen LogP contribution >= 0.6 is 0 Å². The van der Waals surface area contributed by atoms with Gasteiger partial charge in [0.2, 0.25) is 17.8 Å². The van der Waals surface area contributed by atoms with Crippen molar-refractivity contribution < 1.29 is 27.5 Å². The molecule has 2 aliphatic rings. The third-order valence-corrected chi connectivity index (χ3v) is 5.96. The second-order valence-electron chi connectivity index (χ2n) is 8.27. The number of alkyl halides is 3. The molecular weight excluding hydrogens is 455 g/mol. The van der Waals surface area contributed by atoms with E-state index >= 15 is 0 Å². The average Bonchev–Trinajstić information content (AvgIpc) is 2.77. The van der Waals surface area contributed by atoms with Crippen LogP contribution in [0.5, 0.6) is 5.75 Å². The number of ether oxygens (including phenoxy) is 1. The van der Waals surface area contributed by atoms with E-state index in [2.05, 4.69) is 32.3 Å². The number of carbonyl (C=O) groups is 2. The zero-order chi connectivity index (χ0) is 24.5. The van der Waals surface area contributed by atoms with Crippen LogP contribution in [-0.2, 0) is 9.59 Å². The largest absolute Gasteiger partial charge is 0.573 e. The van der Waals surface area contributed by atoms with Crippen LogP contribution in [0.3, 0.4) is 0 Å². The number of hydrogen-bond donors (Lipinski definition) is 3. The molecule has 1 fully saturated rings. The van der Waals surface area contributed by atoms with Gasteiger partial charge in [-0.1, -0.05) is 13.0 Å². The molecule has 2 amide bonds. The first-order chi connectivity index (χ1) is 16.1. The smallest absolute Gasteiger partial charge is 0.406 e. The third-order valence-electron chi connectivity index (χ3n) is 5.96. The highest BCUT2D eigenvalue weighted by molar-refractivity contribution is 6.04. The van der Waals surface area contributed by atoms with E-state index in [0.29, 0.717) is 12.5 Å². The van der Waals surface area contributed by atoms with Crippen molar-refractivity contribution in [1.82, 2.24) is 9.97 Å². The molecule has 1 aromatic carbocycles. The van der Waals surface area contributed by atoms with Gasteiger partial charge in [-0.25, -0.2) is 0 Å². The first-order valence-corrected chi connectivity index (χ1v) is 11.0. The molecule has 0 spiro atoms. The van der Waals surface area contributed by atoms with Crippen molar-refractivity contribution in [3.05, 3.63) is 40.2 Å². The number of halogens is 3. The number of nitrogens with one attached hydrogen (secondary N) is 3. The van der Waals surface area contributed by atoms with Crippen molar-refractivity contribution in [1.29, 1.82) is 0 Å². The number of fused-ring (bicyclic) bond motifs is 1. The number of aromatic amines is 1. The minimum absolute atomic E-state index is 0.00797. The Morgan fingerprint density at radius 2 is 2.09 bits per heavy atom. The standard InChI is InChI=1S/C22H24F3N5O4/c1-2-13-7-3-4-9-30(13)21-28-18-17(20(33)29-21)15(11-16(31)27-18)19(32)26-12-6-5-8-14(10-12)34-22(23,24)25/h5-6,8,10,13,15H,2-4,7,9,11H2,1H3,(H,26,32)(H2,27,28,29,31,33)/t13-,15-/m0/s1. The monoisotopic (exact) mass is 479 g/mol. The topological polar surface area (TPSA) is 116 Å². The molecule has 182 valence electrons. The fourth-order valence-corrected chi connectivity index (χ4v) is 4.42. The SMILES string of the molecule is CC[C@H]1CCCCN1c1nc2c(c(=O)[nH]1)[C@@H](C(=O)Nc1cccc(OC(F)(F)F)c1)CC(=O)N2. The normalized spacial score (nSPS) is 20.4. The van der Waals surface area contributed by atoms with Crippen LogP contribution < -0.4 is 25.8 Å². The van der Waals surface area contributed by atoms with Gasteiger partial charge in [-0.2, -0.15) is 4.98 Å². The molecule has 2 aromatic rings. The van der Waals surface area contributed by atoms with Crippen LogP contribution in [0, 0.1) is 0 Å². The van der Waals surface area contributed by atoms with Crippen LogP contribution in [0.25, 0.3) is 0 Å². The van der Waals surface area contributed by atoms with Gasteiger partial charge in [0, 0.05) is 30.8 Å². The summed E-state index contributed by atoms with van der Waals surface area (Å²) < 4.78 is 41.3. The predicted molar refractivity (Wildman–Crippen MR) is 118 cm³/mol. The van der Waals surface area contributed by atoms with Crippen molar-refractivity contribution in [2.75, 3.05) is 22.1 Å². The first kappa shape index (κ1) is 23.6. The molecule has 34 heavy (non-hydrogen) atoms. The first-order valence-electron chi connectivity index (χ1n) is 11.0. The highest BCUT2D eigenvalue weighted by Crippen LogP contribution is 2.32. The molecule has 3 heterocycles. The summed E-state index contributed by atoms with van der Waals surface area (Å²) in [6, 6.07) is 4.95. The summed E-state index contributed by atoms with van der Waals surface area (Å²) >= 11 is 0. The Labute approximate surface area is 192 Å². The Kier molecular flexibility index (Phi) is 6.49. The van der Waals surface area contributed by atoms with Gasteiger partial charge in [-0.15, -0.1) is 13.2 Å². The second kappa shape index (κ2) is 9.35. The van der Waals surface area contributed by atoms with E-state index in [1.807, 2.05) is 4.90 Å². The zero-order valence-electron chi connectivity index (χ0n) is 18.4. The summed E-state index contributed by atoms with van der Waals surface area (Å²) in [6.45, 7) is 2.77. The van der Waals surface area contributed by atoms with E-state index in [0.717, 1.165) is 37.8 Å². The lowest BCUT2D eigenvalue weighted by Gasteiger charge is -2.36. The van der Waals surface area contributed by atoms with Gasteiger partial charge in [0.05, 0.1) is 11.5 Å². The van der Waals surface area contributed by atoms with Crippen molar-refractivity contribution >= 4 is 29.3 Å². The molecule has 9 nitrogen and oxygen atoms in total. The molecular formula is C22H24F3N5O4. The van der Waals surface area contributed by atoms with Crippen molar-refractivity contribution in [2.24, 2.45) is 0 Å². The molecule has 0 saturated carbocycles. The van der Waals surface area contributed by atoms with Crippen LogP contribution in [0.1, 0.15) is 50.5 Å². The molecule has 4 rings (SSSR count). The molecule has 12 heteroatoms. The zero-order valence-corrected chi connectivity index (χ0v) is 18.4. The number of piperidine rings is 1. The van der Waals surface area contributed by atoms with E-state index in [4.69, 9.17) is 0 Å². The number of rotatable bonds is 5. The van der Waals surface area contributed by atoms with Crippen LogP contribution in [0.4, 0.5) is 30.6 Å². The average molecular weight is 479 g/mol. The Hall–Kier alpha value is -3.57. The van der Waals surface area contributed by atoms with Gasteiger partial charge in [-0.3, -0.25) is 19.4 Å². The molecule has 0 aliphatic carbocycles. The fourth-order valence-electron chi connectivity index (χ4n) is 4.42. The number of aromatic nitrogens is 2. The van der Waals surface area contributed by atoms with Gasteiger partial charge in [0.25, 0.3) is 5.56 Å². The number of nitrogens with zero attached hydrogens (tertiary/aromatic N) is 2. The Bertz CT molecular complexity index is 1150. The molecule has 1 aromatic heterocycles. The molecule has 1 saturated heterocycles. The Morgan fingerprint density at radius 1 is 1.29 bits per heavy atom. The summed E-state index contributed by atoms with van der Waals surface area (Å²) in [6.07, 6.45) is -1.32. The summed E-state index contributed by atoms with van der Waals surface area (Å²) in [5.74, 6) is -2.52. The number of amides is 2. The minimum atomic E-state index is -4.88. The van der Waals surface area contributed by atoms with E-state index < -0.39 is 35.4 Å². The van der Waals surface area contributed by atoms with Crippen molar-refractivity contribution in [3.63, 3.8) is 0 Å². The molecule has 2 aliphatic heterocycles. The van der Waals surface area contributed by atoms with Crippen LogP contribution in [0.2, 0.25) is 0 Å². The van der Waals surface area contributed by atoms with Crippen LogP contribution in [0.15, 0.2) is 29.1 Å². The van der Waals surface area contributed by atoms with Gasteiger partial charge >= 0.3 is 6.36 Å². The number of anilines is 3. The summed E-state index contributed by atoms with van der Waals surface area (Å²) in [7, 11) is 0. The van der Waals surface area contributed by atoms with E-state index in [1.165, 1.54) is 12.1 Å². The molecule has 0 bridgehead atoms. The van der Waals surface area contributed by atoms with E-state index in [1.54, 1.807) is 0 Å². The lowest BCUT2D eigenvalue weighted by molar-refractivity contribution is -0.274. The summed E-state index contributed by atoms with van der Waals surface area (Å²) in [5.41, 5.74) is -0.511. The number of benzene rings is 1. The van der Waals surface area contributed by atoms with Gasteiger partial charge in [-0.05, 0) is 37.8 Å². The lowest BCUT2D eigenvalue weighted by atomic mass is 9.92. The minimum Gasteiger partial charge on any atom is -0.406 e. The maximum Gasteiger partial charge on any atom is 0.573 e. The third kappa shape index (κ3) is 5.15. The van der Waals surface area contributed by atoms with Crippen molar-refractivity contribution in [3.8, 4) is 5.75 Å². The lowest BCUT2D eigenvalue weighted by Crippen LogP contribution is -2.43. The van der Waals surface area contributed by atoms with E-state index in [-0.39, 0.29) is 29.5 Å². The summed E-state index contributed by atoms with van der Waals surface area (Å²) in [4.78, 5) is 47.5. The highest BCUT2D eigenvalue weighted by Gasteiger charge is 2.36. The Morgan fingerprint density at radius 3 is 2.82 bits per heavy atom. The predicted octanol–water partition coefficient (Wildman–Crippen LogP) is 3.50. The molecule has 2 atom stereocenters. The van der Waals surface area contributed by atoms with Crippen molar-refractivity contribution in [2.45, 2.75) is 57.3 Å².